The highest BCUT2D eigenvalue weighted by atomic mass is 79.9. The fourth-order valence-electron chi connectivity index (χ4n) is 1.38. The Balaban J connectivity index is 2.31. The lowest BCUT2D eigenvalue weighted by molar-refractivity contribution is 0.468. The Morgan fingerprint density at radius 2 is 2.18 bits per heavy atom. The number of ether oxygens (including phenoxy) is 1. The molecule has 17 heavy (non-hydrogen) atoms. The molecule has 1 aromatic carbocycles. The molecular formula is C12H10BrFN2O. The first kappa shape index (κ1) is 12.0. The molecule has 5 heteroatoms. The minimum atomic E-state index is -0.368. The lowest BCUT2D eigenvalue weighted by atomic mass is 10.2. The van der Waals surface area contributed by atoms with Crippen molar-refractivity contribution in [1.29, 1.82) is 0 Å². The van der Waals surface area contributed by atoms with Gasteiger partial charge in [-0.2, -0.15) is 0 Å². The van der Waals surface area contributed by atoms with Crippen molar-refractivity contribution in [2.45, 2.75) is 6.54 Å². The summed E-state index contributed by atoms with van der Waals surface area (Å²) in [5.41, 5.74) is 6.39. The third-order valence-corrected chi connectivity index (χ3v) is 2.61. The Morgan fingerprint density at radius 3 is 2.88 bits per heavy atom. The Kier molecular flexibility index (Phi) is 3.71. The number of hydrogen-bond donors (Lipinski definition) is 1. The predicted molar refractivity (Wildman–Crippen MR) is 66.3 cm³/mol. The minimum Gasteiger partial charge on any atom is -0.455 e. The standard InChI is InChI=1S/C12H10BrFN2O/c13-9-3-10(14)5-11(4-9)17-12-7-16-2-1-8(12)6-15/h1-5,7H,6,15H2. The Hall–Kier alpha value is -1.46. The topological polar surface area (TPSA) is 48.1 Å². The average molecular weight is 297 g/mol. The van der Waals surface area contributed by atoms with Gasteiger partial charge in [0.2, 0.25) is 0 Å². The average Bonchev–Trinajstić information content (AvgIpc) is 2.28. The summed E-state index contributed by atoms with van der Waals surface area (Å²) in [6, 6.07) is 6.11. The van der Waals surface area contributed by atoms with E-state index in [1.807, 2.05) is 0 Å². The molecule has 0 fully saturated rings. The van der Waals surface area contributed by atoms with Crippen LogP contribution in [0.1, 0.15) is 5.56 Å². The Labute approximate surface area is 107 Å². The molecule has 0 spiro atoms. The molecule has 1 heterocycles. The van der Waals surface area contributed by atoms with Gasteiger partial charge in [0.05, 0.1) is 6.20 Å². The lowest BCUT2D eigenvalue weighted by Gasteiger charge is -2.09. The summed E-state index contributed by atoms with van der Waals surface area (Å²) >= 11 is 3.20. The van der Waals surface area contributed by atoms with Crippen molar-refractivity contribution in [3.63, 3.8) is 0 Å². The van der Waals surface area contributed by atoms with Crippen molar-refractivity contribution >= 4 is 15.9 Å². The summed E-state index contributed by atoms with van der Waals surface area (Å²) in [4.78, 5) is 3.95. The molecule has 0 unspecified atom stereocenters. The first-order valence-electron chi connectivity index (χ1n) is 4.96. The molecule has 2 aromatic rings. The zero-order chi connectivity index (χ0) is 12.3. The number of benzene rings is 1. The van der Waals surface area contributed by atoms with E-state index in [2.05, 4.69) is 20.9 Å². The summed E-state index contributed by atoms with van der Waals surface area (Å²) in [6.07, 6.45) is 3.19. The van der Waals surface area contributed by atoms with Gasteiger partial charge in [-0.25, -0.2) is 4.39 Å². The second kappa shape index (κ2) is 5.25. The minimum absolute atomic E-state index is 0.342. The van der Waals surface area contributed by atoms with Crippen molar-refractivity contribution < 1.29 is 9.13 Å². The van der Waals surface area contributed by atoms with Crippen LogP contribution in [0.3, 0.4) is 0 Å². The fraction of sp³-hybridized carbons (Fsp3) is 0.0833. The van der Waals surface area contributed by atoms with E-state index in [9.17, 15) is 4.39 Å². The molecule has 0 radical (unpaired) electrons. The van der Waals surface area contributed by atoms with Gasteiger partial charge in [-0.3, -0.25) is 4.98 Å². The number of halogens is 2. The van der Waals surface area contributed by atoms with Crippen molar-refractivity contribution in [3.8, 4) is 11.5 Å². The molecule has 88 valence electrons. The molecule has 0 saturated carbocycles. The lowest BCUT2D eigenvalue weighted by Crippen LogP contribution is -1.99. The summed E-state index contributed by atoms with van der Waals surface area (Å²) in [6.45, 7) is 0.342. The van der Waals surface area contributed by atoms with Gasteiger partial charge in [-0.05, 0) is 18.2 Å². The van der Waals surface area contributed by atoms with Gasteiger partial charge in [0.15, 0.2) is 0 Å². The summed E-state index contributed by atoms with van der Waals surface area (Å²) in [5, 5.41) is 0. The molecule has 3 nitrogen and oxygen atoms in total. The van der Waals surface area contributed by atoms with Crippen LogP contribution in [0.4, 0.5) is 4.39 Å². The molecule has 1 aromatic heterocycles. The second-order valence-electron chi connectivity index (χ2n) is 3.39. The summed E-state index contributed by atoms with van der Waals surface area (Å²) < 4.78 is 19.3. The molecular weight excluding hydrogens is 287 g/mol. The maximum Gasteiger partial charge on any atom is 0.150 e. The van der Waals surface area contributed by atoms with Crippen molar-refractivity contribution in [3.05, 3.63) is 52.5 Å². The smallest absolute Gasteiger partial charge is 0.150 e. The van der Waals surface area contributed by atoms with Crippen LogP contribution >= 0.6 is 15.9 Å². The normalized spacial score (nSPS) is 10.3. The maximum atomic E-state index is 13.2. The van der Waals surface area contributed by atoms with Crippen molar-refractivity contribution in [1.82, 2.24) is 4.98 Å². The Bertz CT molecular complexity index is 513. The third kappa shape index (κ3) is 3.01. The molecule has 0 saturated heterocycles. The van der Waals surface area contributed by atoms with Crippen LogP contribution in [0.25, 0.3) is 0 Å². The number of nitrogens with zero attached hydrogens (tertiary/aromatic N) is 1. The molecule has 0 aliphatic carbocycles. The maximum absolute atomic E-state index is 13.2. The molecule has 0 amide bonds. The number of hydrogen-bond acceptors (Lipinski definition) is 3. The van der Waals surface area contributed by atoms with Crippen LogP contribution in [0, 0.1) is 5.82 Å². The predicted octanol–water partition coefficient (Wildman–Crippen LogP) is 3.23. The van der Waals surface area contributed by atoms with Crippen LogP contribution in [0.15, 0.2) is 41.1 Å². The number of aromatic nitrogens is 1. The van der Waals surface area contributed by atoms with Crippen molar-refractivity contribution in [2.75, 3.05) is 0 Å². The van der Waals surface area contributed by atoms with E-state index in [4.69, 9.17) is 10.5 Å². The quantitative estimate of drug-likeness (QED) is 0.946. The highest BCUT2D eigenvalue weighted by Crippen LogP contribution is 2.27. The molecule has 0 aliphatic rings. The molecule has 0 atom stereocenters. The highest BCUT2D eigenvalue weighted by molar-refractivity contribution is 9.10. The van der Waals surface area contributed by atoms with E-state index in [0.717, 1.165) is 5.56 Å². The van der Waals surface area contributed by atoms with E-state index < -0.39 is 0 Å². The van der Waals surface area contributed by atoms with Crippen LogP contribution in [-0.2, 0) is 6.54 Å². The number of pyridine rings is 1. The van der Waals surface area contributed by atoms with Gasteiger partial charge in [-0.15, -0.1) is 0 Å². The summed E-state index contributed by atoms with van der Waals surface area (Å²) in [7, 11) is 0. The van der Waals surface area contributed by atoms with Gasteiger partial charge >= 0.3 is 0 Å². The second-order valence-corrected chi connectivity index (χ2v) is 4.31. The van der Waals surface area contributed by atoms with Gasteiger partial charge in [0.1, 0.15) is 17.3 Å². The third-order valence-electron chi connectivity index (χ3n) is 2.15. The van der Waals surface area contributed by atoms with E-state index in [0.29, 0.717) is 22.5 Å². The highest BCUT2D eigenvalue weighted by Gasteiger charge is 2.05. The van der Waals surface area contributed by atoms with Crippen LogP contribution in [0.5, 0.6) is 11.5 Å². The zero-order valence-electron chi connectivity index (χ0n) is 8.86. The van der Waals surface area contributed by atoms with Gasteiger partial charge in [0.25, 0.3) is 0 Å². The molecule has 0 bridgehead atoms. The van der Waals surface area contributed by atoms with E-state index in [1.54, 1.807) is 24.5 Å². The van der Waals surface area contributed by atoms with Crippen molar-refractivity contribution in [2.24, 2.45) is 5.73 Å². The zero-order valence-corrected chi connectivity index (χ0v) is 10.4. The van der Waals surface area contributed by atoms with Crippen LogP contribution in [-0.4, -0.2) is 4.98 Å². The van der Waals surface area contributed by atoms with E-state index in [1.165, 1.54) is 12.1 Å². The number of nitrogens with two attached hydrogens (primary N) is 1. The van der Waals surface area contributed by atoms with Gasteiger partial charge < -0.3 is 10.5 Å². The molecule has 0 aliphatic heterocycles. The fourth-order valence-corrected chi connectivity index (χ4v) is 1.83. The first-order valence-corrected chi connectivity index (χ1v) is 5.75. The molecule has 2 rings (SSSR count). The monoisotopic (exact) mass is 296 g/mol. The van der Waals surface area contributed by atoms with Gasteiger partial charge in [-0.1, -0.05) is 15.9 Å². The van der Waals surface area contributed by atoms with Crippen LogP contribution in [0.2, 0.25) is 0 Å². The SMILES string of the molecule is NCc1ccncc1Oc1cc(F)cc(Br)c1. The first-order chi connectivity index (χ1) is 8.19. The van der Waals surface area contributed by atoms with E-state index in [-0.39, 0.29) is 5.82 Å². The van der Waals surface area contributed by atoms with Crippen LogP contribution < -0.4 is 10.5 Å². The number of rotatable bonds is 3. The summed E-state index contributed by atoms with van der Waals surface area (Å²) in [5.74, 6) is 0.569. The van der Waals surface area contributed by atoms with E-state index >= 15 is 0 Å². The largest absolute Gasteiger partial charge is 0.455 e. The molecule has 2 N–H and O–H groups in total. The Morgan fingerprint density at radius 1 is 1.35 bits per heavy atom. The van der Waals surface area contributed by atoms with Gasteiger partial charge in [0, 0.05) is 28.8 Å².